The number of hydrogen-bond donors (Lipinski definition) is 2. The van der Waals surface area contributed by atoms with Gasteiger partial charge in [-0.15, -0.1) is 0 Å². The monoisotopic (exact) mass is 460 g/mol. The molecule has 6 nitrogen and oxygen atoms in total. The van der Waals surface area contributed by atoms with Crippen LogP contribution in [0.4, 0.5) is 11.4 Å². The summed E-state index contributed by atoms with van der Waals surface area (Å²) in [5.41, 5.74) is 14.6. The Hall–Kier alpha value is -3.80. The molecule has 3 aromatic rings. The van der Waals surface area contributed by atoms with Crippen LogP contribution in [0.15, 0.2) is 60.7 Å². The number of nitrogens with two attached hydrogens (primary N) is 2. The topological polar surface area (TPSA) is 105 Å². The van der Waals surface area contributed by atoms with Crippen LogP contribution in [0.1, 0.15) is 73.4 Å². The highest BCUT2D eigenvalue weighted by molar-refractivity contribution is 5.97. The second kappa shape index (κ2) is 9.21. The van der Waals surface area contributed by atoms with Gasteiger partial charge in [0.2, 0.25) is 0 Å². The molecular weight excluding hydrogens is 428 g/mol. The van der Waals surface area contributed by atoms with E-state index in [0.717, 1.165) is 11.1 Å². The molecule has 3 rings (SSSR count). The molecular formula is C28H32N2O4. The molecule has 0 aliphatic carbocycles. The summed E-state index contributed by atoms with van der Waals surface area (Å²) >= 11 is 0. The van der Waals surface area contributed by atoms with Gasteiger partial charge in [-0.3, -0.25) is 0 Å². The lowest BCUT2D eigenvalue weighted by Crippen LogP contribution is -2.18. The van der Waals surface area contributed by atoms with Gasteiger partial charge in [-0.2, -0.15) is 0 Å². The first-order chi connectivity index (χ1) is 15.8. The second-order valence-electron chi connectivity index (χ2n) is 10.4. The summed E-state index contributed by atoms with van der Waals surface area (Å²) in [5.74, 6) is -0.298. The number of esters is 2. The van der Waals surface area contributed by atoms with Gasteiger partial charge in [-0.25, -0.2) is 9.59 Å². The molecule has 4 N–H and O–H groups in total. The fourth-order valence-corrected chi connectivity index (χ4v) is 3.54. The van der Waals surface area contributed by atoms with Crippen LogP contribution in [0.25, 0.3) is 0 Å². The number of benzene rings is 3. The van der Waals surface area contributed by atoms with Gasteiger partial charge in [-0.05, 0) is 65.4 Å². The van der Waals surface area contributed by atoms with Crippen molar-refractivity contribution in [1.82, 2.24) is 0 Å². The predicted molar refractivity (Wildman–Crippen MR) is 135 cm³/mol. The van der Waals surface area contributed by atoms with E-state index < -0.39 is 11.9 Å². The van der Waals surface area contributed by atoms with Gasteiger partial charge in [-0.1, -0.05) is 47.6 Å². The molecule has 0 aliphatic heterocycles. The van der Waals surface area contributed by atoms with E-state index in [9.17, 15) is 9.59 Å². The van der Waals surface area contributed by atoms with E-state index in [1.807, 2.05) is 41.5 Å². The number of carbonyl (C=O) groups is 2. The molecule has 0 unspecified atom stereocenters. The van der Waals surface area contributed by atoms with Crippen molar-refractivity contribution in [2.24, 2.45) is 0 Å². The van der Waals surface area contributed by atoms with Gasteiger partial charge >= 0.3 is 11.9 Å². The summed E-state index contributed by atoms with van der Waals surface area (Å²) < 4.78 is 11.4. The number of carbonyl (C=O) groups excluding carboxylic acids is 2. The number of nitrogen functional groups attached to an aromatic ring is 2. The smallest absolute Gasteiger partial charge is 0.343 e. The van der Waals surface area contributed by atoms with Crippen LogP contribution in [0.5, 0.6) is 11.5 Å². The van der Waals surface area contributed by atoms with Crippen LogP contribution in [-0.4, -0.2) is 11.9 Å². The molecule has 0 saturated heterocycles. The Labute approximate surface area is 200 Å². The molecule has 6 heteroatoms. The van der Waals surface area contributed by atoms with Crippen molar-refractivity contribution >= 4 is 23.3 Å². The van der Waals surface area contributed by atoms with Crippen molar-refractivity contribution in [2.45, 2.75) is 52.4 Å². The third kappa shape index (κ3) is 5.76. The number of ether oxygens (including phenoxy) is 2. The van der Waals surface area contributed by atoms with E-state index in [0.29, 0.717) is 22.9 Å². The van der Waals surface area contributed by atoms with Crippen LogP contribution < -0.4 is 20.9 Å². The lowest BCUT2D eigenvalue weighted by atomic mass is 9.86. The molecule has 34 heavy (non-hydrogen) atoms. The van der Waals surface area contributed by atoms with E-state index in [1.165, 1.54) is 6.07 Å². The maximum absolute atomic E-state index is 12.9. The van der Waals surface area contributed by atoms with Crippen LogP contribution in [0.3, 0.4) is 0 Å². The fourth-order valence-electron chi connectivity index (χ4n) is 3.54. The maximum Gasteiger partial charge on any atom is 0.343 e. The fraction of sp³-hybridized carbons (Fsp3) is 0.286. The molecule has 0 fully saturated rings. The quantitative estimate of drug-likeness (QED) is 0.286. The lowest BCUT2D eigenvalue weighted by Gasteiger charge is -2.23. The molecule has 0 saturated carbocycles. The number of hydrogen-bond acceptors (Lipinski definition) is 6. The van der Waals surface area contributed by atoms with Crippen LogP contribution in [0.2, 0.25) is 0 Å². The molecule has 0 atom stereocenters. The van der Waals surface area contributed by atoms with Gasteiger partial charge in [0.15, 0.2) is 0 Å². The van der Waals surface area contributed by atoms with Gasteiger partial charge in [0.25, 0.3) is 0 Å². The van der Waals surface area contributed by atoms with Crippen molar-refractivity contribution in [3.63, 3.8) is 0 Å². The summed E-state index contributed by atoms with van der Waals surface area (Å²) in [6.45, 7) is 12.1. The van der Waals surface area contributed by atoms with Crippen LogP contribution >= 0.6 is 0 Å². The Bertz CT molecular complexity index is 1140. The molecule has 3 aromatic carbocycles. The molecule has 0 heterocycles. The van der Waals surface area contributed by atoms with E-state index in [-0.39, 0.29) is 22.0 Å². The molecule has 0 bridgehead atoms. The van der Waals surface area contributed by atoms with E-state index in [4.69, 9.17) is 20.9 Å². The van der Waals surface area contributed by atoms with Gasteiger partial charge in [0, 0.05) is 22.5 Å². The number of anilines is 2. The minimum Gasteiger partial charge on any atom is -0.423 e. The maximum atomic E-state index is 12.9. The molecule has 0 aliphatic rings. The van der Waals surface area contributed by atoms with Crippen molar-refractivity contribution < 1.29 is 19.1 Å². The molecule has 0 aromatic heterocycles. The summed E-state index contributed by atoms with van der Waals surface area (Å²) in [6, 6.07) is 16.6. The highest BCUT2D eigenvalue weighted by Gasteiger charge is 2.24. The van der Waals surface area contributed by atoms with Crippen molar-refractivity contribution in [2.75, 3.05) is 11.5 Å². The predicted octanol–water partition coefficient (Wildman–Crippen LogP) is 5.88. The second-order valence-corrected chi connectivity index (χ2v) is 10.4. The summed E-state index contributed by atoms with van der Waals surface area (Å²) in [4.78, 5) is 25.8. The highest BCUT2D eigenvalue weighted by Crippen LogP contribution is 2.34. The average molecular weight is 461 g/mol. The van der Waals surface area contributed by atoms with Crippen LogP contribution in [0, 0.1) is 0 Å². The molecule has 0 spiro atoms. The SMILES string of the molecule is CC(C)(C)c1cc(N)ccc1OC(=O)c1cccc(C(=O)Oc2ccc(N)cc2C(C)(C)C)c1. The first-order valence-corrected chi connectivity index (χ1v) is 11.1. The van der Waals surface area contributed by atoms with Gasteiger partial charge < -0.3 is 20.9 Å². The van der Waals surface area contributed by atoms with Gasteiger partial charge in [0.1, 0.15) is 11.5 Å². The highest BCUT2D eigenvalue weighted by atomic mass is 16.5. The minimum absolute atomic E-state index is 0.236. The Kier molecular flexibility index (Phi) is 6.73. The molecule has 0 amide bonds. The van der Waals surface area contributed by atoms with Crippen molar-refractivity contribution in [3.8, 4) is 11.5 Å². The summed E-state index contributed by atoms with van der Waals surface area (Å²) in [6.07, 6.45) is 0. The molecule has 0 radical (unpaired) electrons. The normalized spacial score (nSPS) is 11.7. The average Bonchev–Trinajstić information content (AvgIpc) is 2.74. The number of rotatable bonds is 4. The third-order valence-corrected chi connectivity index (χ3v) is 5.36. The zero-order chi connectivity index (χ0) is 25.3. The minimum atomic E-state index is -0.576. The lowest BCUT2D eigenvalue weighted by molar-refractivity contribution is 0.0731. The molecule has 178 valence electrons. The van der Waals surface area contributed by atoms with E-state index in [1.54, 1.807) is 54.6 Å². The van der Waals surface area contributed by atoms with Crippen molar-refractivity contribution in [1.29, 1.82) is 0 Å². The van der Waals surface area contributed by atoms with Gasteiger partial charge in [0.05, 0.1) is 11.1 Å². The summed E-state index contributed by atoms with van der Waals surface area (Å²) in [7, 11) is 0. The zero-order valence-corrected chi connectivity index (χ0v) is 20.6. The Balaban J connectivity index is 1.85. The Morgan fingerprint density at radius 3 is 1.35 bits per heavy atom. The Morgan fingerprint density at radius 2 is 1.00 bits per heavy atom. The van der Waals surface area contributed by atoms with E-state index >= 15 is 0 Å². The largest absolute Gasteiger partial charge is 0.423 e. The third-order valence-electron chi connectivity index (χ3n) is 5.36. The zero-order valence-electron chi connectivity index (χ0n) is 20.6. The first-order valence-electron chi connectivity index (χ1n) is 11.1. The van der Waals surface area contributed by atoms with Crippen molar-refractivity contribution in [3.05, 3.63) is 82.9 Å². The standard InChI is InChI=1S/C28H32N2O4/c1-27(2,3)21-15-19(29)10-12-23(21)33-25(31)17-8-7-9-18(14-17)26(32)34-24-13-11-20(30)16-22(24)28(4,5)6/h7-16H,29-30H2,1-6H3. The Morgan fingerprint density at radius 1 is 0.618 bits per heavy atom. The summed E-state index contributed by atoms with van der Waals surface area (Å²) in [5, 5.41) is 0. The van der Waals surface area contributed by atoms with Crippen LogP contribution in [-0.2, 0) is 10.8 Å². The van der Waals surface area contributed by atoms with E-state index in [2.05, 4.69) is 0 Å². The first kappa shape index (κ1) is 24.8.